The summed E-state index contributed by atoms with van der Waals surface area (Å²) in [4.78, 5) is 21.6. The van der Waals surface area contributed by atoms with Gasteiger partial charge in [-0.2, -0.15) is 13.2 Å². The van der Waals surface area contributed by atoms with E-state index in [4.69, 9.17) is 4.74 Å². The van der Waals surface area contributed by atoms with Gasteiger partial charge in [0.15, 0.2) is 5.13 Å². The molecule has 1 fully saturated rings. The third kappa shape index (κ3) is 5.25. The van der Waals surface area contributed by atoms with Crippen molar-refractivity contribution in [1.82, 2.24) is 9.88 Å². The van der Waals surface area contributed by atoms with E-state index in [1.165, 1.54) is 23.5 Å². The quantitative estimate of drug-likeness (QED) is 0.478. The molecule has 1 aromatic heterocycles. The van der Waals surface area contributed by atoms with Gasteiger partial charge in [0.05, 0.1) is 29.0 Å². The van der Waals surface area contributed by atoms with E-state index in [9.17, 15) is 18.0 Å². The number of carbonyl (C=O) groups is 1. The molecule has 0 saturated carbocycles. The monoisotopic (exact) mass is 513 g/mol. The summed E-state index contributed by atoms with van der Waals surface area (Å²) in [5.74, 6) is -0.375. The molecule has 1 amide bonds. The number of hydrogen-bond donors (Lipinski definition) is 0. The first kappa shape index (κ1) is 22.2. The fourth-order valence-electron chi connectivity index (χ4n) is 3.31. The minimum absolute atomic E-state index is 0.190. The molecule has 0 aliphatic carbocycles. The Morgan fingerprint density at radius 1 is 1.16 bits per heavy atom. The highest BCUT2D eigenvalue weighted by Crippen LogP contribution is 2.33. The van der Waals surface area contributed by atoms with Gasteiger partial charge in [-0.1, -0.05) is 27.3 Å². The Hall–Kier alpha value is -2.01. The van der Waals surface area contributed by atoms with Gasteiger partial charge in [0.25, 0.3) is 5.91 Å². The molecule has 0 N–H and O–H groups in total. The fourth-order valence-corrected chi connectivity index (χ4v) is 4.85. The SMILES string of the molecule is O=C(c1ccc(C(F)(F)F)cc1)N(CCN1CCOCC1)c1nc2ccc(Br)cc2s1. The zero-order valence-electron chi connectivity index (χ0n) is 16.4. The number of rotatable bonds is 5. The van der Waals surface area contributed by atoms with Gasteiger partial charge in [-0.15, -0.1) is 0 Å². The Bertz CT molecular complexity index is 1070. The maximum absolute atomic E-state index is 13.3. The fraction of sp³-hybridized carbons (Fsp3) is 0.333. The molecule has 2 heterocycles. The van der Waals surface area contributed by atoms with Crippen LogP contribution in [0.1, 0.15) is 15.9 Å². The molecule has 164 valence electrons. The van der Waals surface area contributed by atoms with Crippen LogP contribution in [0.3, 0.4) is 0 Å². The lowest BCUT2D eigenvalue weighted by Gasteiger charge is -2.29. The van der Waals surface area contributed by atoms with Crippen molar-refractivity contribution in [3.8, 4) is 0 Å². The number of ether oxygens (including phenoxy) is 1. The second-order valence-corrected chi connectivity index (χ2v) is 9.02. The van der Waals surface area contributed by atoms with Crippen molar-refractivity contribution < 1.29 is 22.7 Å². The van der Waals surface area contributed by atoms with Crippen LogP contribution >= 0.6 is 27.3 Å². The molecule has 1 aliphatic rings. The maximum Gasteiger partial charge on any atom is 0.416 e. The van der Waals surface area contributed by atoms with Crippen LogP contribution in [0.25, 0.3) is 10.2 Å². The van der Waals surface area contributed by atoms with E-state index in [2.05, 4.69) is 25.8 Å². The van der Waals surface area contributed by atoms with Crippen LogP contribution in [0.2, 0.25) is 0 Å². The van der Waals surface area contributed by atoms with Crippen molar-refractivity contribution in [2.45, 2.75) is 6.18 Å². The number of thiazole rings is 1. The Labute approximate surface area is 189 Å². The molecule has 4 rings (SSSR count). The Morgan fingerprint density at radius 3 is 2.55 bits per heavy atom. The van der Waals surface area contributed by atoms with E-state index in [0.717, 1.165) is 39.9 Å². The van der Waals surface area contributed by atoms with Crippen molar-refractivity contribution in [3.63, 3.8) is 0 Å². The average molecular weight is 514 g/mol. The number of alkyl halides is 3. The summed E-state index contributed by atoms with van der Waals surface area (Å²) in [5.41, 5.74) is 0.170. The van der Waals surface area contributed by atoms with Gasteiger partial charge in [0.1, 0.15) is 0 Å². The summed E-state index contributed by atoms with van der Waals surface area (Å²) in [5, 5.41) is 0.520. The highest BCUT2D eigenvalue weighted by Gasteiger charge is 2.31. The van der Waals surface area contributed by atoms with E-state index >= 15 is 0 Å². The third-order valence-corrected chi connectivity index (χ3v) is 6.55. The average Bonchev–Trinajstić information content (AvgIpc) is 3.16. The highest BCUT2D eigenvalue weighted by molar-refractivity contribution is 9.10. The van der Waals surface area contributed by atoms with Gasteiger partial charge in [0, 0.05) is 36.2 Å². The van der Waals surface area contributed by atoms with Crippen molar-refractivity contribution in [1.29, 1.82) is 0 Å². The van der Waals surface area contributed by atoms with Gasteiger partial charge in [0.2, 0.25) is 0 Å². The number of aromatic nitrogens is 1. The maximum atomic E-state index is 13.3. The summed E-state index contributed by atoms with van der Waals surface area (Å²) in [6.45, 7) is 3.82. The van der Waals surface area contributed by atoms with Crippen molar-refractivity contribution in [3.05, 3.63) is 58.1 Å². The predicted molar refractivity (Wildman–Crippen MR) is 118 cm³/mol. The number of halogens is 4. The molecule has 31 heavy (non-hydrogen) atoms. The number of carbonyl (C=O) groups excluding carboxylic acids is 1. The van der Waals surface area contributed by atoms with Crippen LogP contribution in [0.4, 0.5) is 18.3 Å². The lowest BCUT2D eigenvalue weighted by atomic mass is 10.1. The smallest absolute Gasteiger partial charge is 0.379 e. The molecule has 0 unspecified atom stereocenters. The predicted octanol–water partition coefficient (Wildman–Crippen LogP) is 5.06. The standard InChI is InChI=1S/C21H19BrF3N3O2S/c22-16-5-6-17-18(13-16)31-20(26-17)28(8-7-27-9-11-30-12-10-27)19(29)14-1-3-15(4-2-14)21(23,24)25/h1-6,13H,7-12H2. The first-order valence-corrected chi connectivity index (χ1v) is 11.3. The van der Waals surface area contributed by atoms with Crippen LogP contribution in [-0.4, -0.2) is 55.2 Å². The molecule has 0 atom stereocenters. The molecule has 0 spiro atoms. The van der Waals surface area contributed by atoms with Crippen molar-refractivity contribution in [2.75, 3.05) is 44.3 Å². The first-order chi connectivity index (χ1) is 14.8. The molecule has 2 aromatic carbocycles. The van der Waals surface area contributed by atoms with Gasteiger partial charge in [-0.3, -0.25) is 14.6 Å². The minimum Gasteiger partial charge on any atom is -0.379 e. The van der Waals surface area contributed by atoms with Gasteiger partial charge in [-0.05, 0) is 42.5 Å². The third-order valence-electron chi connectivity index (χ3n) is 5.02. The lowest BCUT2D eigenvalue weighted by Crippen LogP contribution is -2.43. The largest absolute Gasteiger partial charge is 0.416 e. The molecular formula is C21H19BrF3N3O2S. The van der Waals surface area contributed by atoms with Crippen LogP contribution < -0.4 is 4.90 Å². The van der Waals surface area contributed by atoms with Gasteiger partial charge < -0.3 is 4.74 Å². The minimum atomic E-state index is -4.45. The molecular weight excluding hydrogens is 495 g/mol. The molecule has 1 aliphatic heterocycles. The summed E-state index contributed by atoms with van der Waals surface area (Å²) in [6.07, 6.45) is -4.45. The lowest BCUT2D eigenvalue weighted by molar-refractivity contribution is -0.137. The highest BCUT2D eigenvalue weighted by atomic mass is 79.9. The topological polar surface area (TPSA) is 45.7 Å². The van der Waals surface area contributed by atoms with E-state index in [0.29, 0.717) is 31.4 Å². The summed E-state index contributed by atoms with van der Waals surface area (Å²) in [7, 11) is 0. The van der Waals surface area contributed by atoms with Crippen LogP contribution in [0.15, 0.2) is 46.9 Å². The number of benzene rings is 2. The molecule has 3 aromatic rings. The summed E-state index contributed by atoms with van der Waals surface area (Å²) >= 11 is 4.82. The number of anilines is 1. The second kappa shape index (κ2) is 9.23. The molecule has 1 saturated heterocycles. The first-order valence-electron chi connectivity index (χ1n) is 9.66. The normalized spacial score (nSPS) is 15.4. The van der Waals surface area contributed by atoms with Crippen molar-refractivity contribution >= 4 is 48.5 Å². The summed E-state index contributed by atoms with van der Waals surface area (Å²) < 4.78 is 45.9. The Kier molecular flexibility index (Phi) is 6.61. The zero-order chi connectivity index (χ0) is 22.0. The zero-order valence-corrected chi connectivity index (χ0v) is 18.8. The Morgan fingerprint density at radius 2 is 1.87 bits per heavy atom. The molecule has 0 radical (unpaired) electrons. The van der Waals surface area contributed by atoms with Crippen LogP contribution in [0, 0.1) is 0 Å². The molecule has 5 nitrogen and oxygen atoms in total. The summed E-state index contributed by atoms with van der Waals surface area (Å²) in [6, 6.07) is 9.97. The van der Waals surface area contributed by atoms with E-state index in [1.54, 1.807) is 4.90 Å². The van der Waals surface area contributed by atoms with E-state index < -0.39 is 11.7 Å². The van der Waals surface area contributed by atoms with Gasteiger partial charge in [-0.25, -0.2) is 4.98 Å². The number of nitrogens with zero attached hydrogens (tertiary/aromatic N) is 3. The number of morpholine rings is 1. The number of hydrogen-bond acceptors (Lipinski definition) is 5. The van der Waals surface area contributed by atoms with Crippen LogP contribution in [-0.2, 0) is 10.9 Å². The van der Waals surface area contributed by atoms with Crippen molar-refractivity contribution in [2.24, 2.45) is 0 Å². The number of amides is 1. The second-order valence-electron chi connectivity index (χ2n) is 7.09. The Balaban J connectivity index is 1.62. The van der Waals surface area contributed by atoms with E-state index in [-0.39, 0.29) is 11.5 Å². The molecule has 10 heteroatoms. The van der Waals surface area contributed by atoms with Crippen LogP contribution in [0.5, 0.6) is 0 Å². The number of fused-ring (bicyclic) bond motifs is 1. The molecule has 0 bridgehead atoms. The van der Waals surface area contributed by atoms with E-state index in [1.807, 2.05) is 18.2 Å². The van der Waals surface area contributed by atoms with Gasteiger partial charge >= 0.3 is 6.18 Å².